The largest absolute Gasteiger partial charge is 0.479 e. The van der Waals surface area contributed by atoms with Crippen LogP contribution >= 0.6 is 15.9 Å². The van der Waals surface area contributed by atoms with E-state index in [1.807, 2.05) is 40.6 Å². The number of fused-ring (bicyclic) bond motifs is 1. The van der Waals surface area contributed by atoms with Crippen LogP contribution in [0.3, 0.4) is 0 Å². The fourth-order valence-corrected chi connectivity index (χ4v) is 4.37. The smallest absolute Gasteiger partial charge is 0.238 e. The highest BCUT2D eigenvalue weighted by molar-refractivity contribution is 9.10. The van der Waals surface area contributed by atoms with Crippen LogP contribution in [-0.2, 0) is 6.54 Å². The predicted molar refractivity (Wildman–Crippen MR) is 117 cm³/mol. The monoisotopic (exact) mass is 482 g/mol. The Kier molecular flexibility index (Phi) is 5.05. The number of imidazole rings is 1. The quantitative estimate of drug-likeness (QED) is 0.422. The topological polar surface area (TPSA) is 70.7 Å². The Morgan fingerprint density at radius 3 is 2.84 bits per heavy atom. The summed E-state index contributed by atoms with van der Waals surface area (Å²) >= 11 is 3.45. The molecule has 3 aromatic heterocycles. The predicted octanol–water partition coefficient (Wildman–Crippen LogP) is 4.67. The van der Waals surface area contributed by atoms with E-state index >= 15 is 0 Å². The highest BCUT2D eigenvalue weighted by Crippen LogP contribution is 2.36. The molecule has 0 saturated carbocycles. The summed E-state index contributed by atoms with van der Waals surface area (Å²) in [7, 11) is 1.58. The van der Waals surface area contributed by atoms with Gasteiger partial charge in [0.1, 0.15) is 23.0 Å². The summed E-state index contributed by atoms with van der Waals surface area (Å²) in [6, 6.07) is 8.79. The third-order valence-electron chi connectivity index (χ3n) is 5.46. The molecule has 5 rings (SSSR count). The molecule has 158 valence electrons. The second-order valence-electron chi connectivity index (χ2n) is 7.52. The van der Waals surface area contributed by atoms with Crippen LogP contribution in [0.2, 0.25) is 0 Å². The van der Waals surface area contributed by atoms with Gasteiger partial charge in [-0.3, -0.25) is 0 Å². The molecule has 1 aliphatic heterocycles. The van der Waals surface area contributed by atoms with Crippen molar-refractivity contribution < 1.29 is 9.13 Å². The molecule has 4 heterocycles. The number of benzene rings is 1. The van der Waals surface area contributed by atoms with Crippen molar-refractivity contribution in [3.8, 4) is 23.1 Å². The van der Waals surface area contributed by atoms with Gasteiger partial charge in [0.05, 0.1) is 19.1 Å². The van der Waals surface area contributed by atoms with Gasteiger partial charge in [-0.15, -0.1) is 5.10 Å². The number of aromatic nitrogens is 6. The van der Waals surface area contributed by atoms with Gasteiger partial charge in [0.25, 0.3) is 0 Å². The molecule has 0 radical (unpaired) electrons. The van der Waals surface area contributed by atoms with Crippen molar-refractivity contribution in [1.82, 2.24) is 29.3 Å². The van der Waals surface area contributed by atoms with Gasteiger partial charge in [0.15, 0.2) is 5.82 Å². The van der Waals surface area contributed by atoms with Gasteiger partial charge in [0, 0.05) is 23.1 Å². The maximum atomic E-state index is 14.6. The molecule has 1 atom stereocenters. The van der Waals surface area contributed by atoms with Crippen LogP contribution in [-0.4, -0.2) is 36.4 Å². The Balaban J connectivity index is 1.54. The van der Waals surface area contributed by atoms with Crippen LogP contribution in [0.25, 0.3) is 17.2 Å². The Morgan fingerprint density at radius 1 is 1.19 bits per heavy atom. The van der Waals surface area contributed by atoms with Gasteiger partial charge in [-0.1, -0.05) is 15.9 Å². The first-order valence-electron chi connectivity index (χ1n) is 9.99. The van der Waals surface area contributed by atoms with E-state index in [0.29, 0.717) is 23.0 Å². The minimum atomic E-state index is -0.231. The van der Waals surface area contributed by atoms with Crippen molar-refractivity contribution >= 4 is 15.9 Å². The van der Waals surface area contributed by atoms with Gasteiger partial charge < -0.3 is 9.30 Å². The molecule has 0 aliphatic carbocycles. The van der Waals surface area contributed by atoms with E-state index in [-0.39, 0.29) is 11.7 Å². The summed E-state index contributed by atoms with van der Waals surface area (Å²) in [5, 5.41) is 4.66. The van der Waals surface area contributed by atoms with Gasteiger partial charge in [-0.05, 0) is 55.7 Å². The van der Waals surface area contributed by atoms with E-state index in [4.69, 9.17) is 9.72 Å². The minimum Gasteiger partial charge on any atom is -0.479 e. The Bertz CT molecular complexity index is 1270. The zero-order valence-corrected chi connectivity index (χ0v) is 18.7. The number of methoxy groups -OCH3 is 1. The van der Waals surface area contributed by atoms with Crippen LogP contribution in [0.15, 0.2) is 47.3 Å². The molecule has 0 N–H and O–H groups in total. The molecular formula is C22H20BrFN6O. The van der Waals surface area contributed by atoms with Crippen molar-refractivity contribution in [3.05, 3.63) is 70.2 Å². The van der Waals surface area contributed by atoms with Crippen molar-refractivity contribution in [2.24, 2.45) is 0 Å². The average Bonchev–Trinajstić information content (AvgIpc) is 3.41. The summed E-state index contributed by atoms with van der Waals surface area (Å²) in [5.41, 5.74) is 2.92. The molecule has 0 fully saturated rings. The second kappa shape index (κ2) is 7.88. The minimum absolute atomic E-state index is 0.150. The van der Waals surface area contributed by atoms with Crippen molar-refractivity contribution in [1.29, 1.82) is 0 Å². The molecule has 0 unspecified atom stereocenters. The first kappa shape index (κ1) is 19.9. The fraction of sp³-hybridized carbons (Fsp3) is 0.273. The maximum absolute atomic E-state index is 14.6. The van der Waals surface area contributed by atoms with Gasteiger partial charge in [-0.25, -0.2) is 24.0 Å². The van der Waals surface area contributed by atoms with E-state index in [1.54, 1.807) is 19.5 Å². The SMILES string of the molecule is COc1nc(-c2nc3n(n2)CCC[C@H]3c2cc(Br)ccc2F)ccc1-n1cnc(C)c1. The number of nitrogens with zero attached hydrogens (tertiary/aromatic N) is 6. The molecule has 0 spiro atoms. The molecule has 1 aromatic carbocycles. The van der Waals surface area contributed by atoms with Crippen LogP contribution < -0.4 is 4.74 Å². The summed E-state index contributed by atoms with van der Waals surface area (Å²) in [5.74, 6) is 1.34. The number of hydrogen-bond acceptors (Lipinski definition) is 5. The fourth-order valence-electron chi connectivity index (χ4n) is 3.99. The lowest BCUT2D eigenvalue weighted by atomic mass is 9.91. The van der Waals surface area contributed by atoms with Gasteiger partial charge in [0.2, 0.25) is 5.88 Å². The normalized spacial score (nSPS) is 15.7. The molecule has 31 heavy (non-hydrogen) atoms. The number of pyridine rings is 1. The zero-order valence-electron chi connectivity index (χ0n) is 17.1. The van der Waals surface area contributed by atoms with Gasteiger partial charge in [-0.2, -0.15) is 0 Å². The highest BCUT2D eigenvalue weighted by Gasteiger charge is 2.28. The van der Waals surface area contributed by atoms with Crippen LogP contribution in [0.1, 0.15) is 35.8 Å². The Hall–Kier alpha value is -3.07. The van der Waals surface area contributed by atoms with E-state index in [2.05, 4.69) is 31.0 Å². The number of halogens is 2. The Labute approximate surface area is 187 Å². The van der Waals surface area contributed by atoms with Crippen LogP contribution in [0.5, 0.6) is 5.88 Å². The third kappa shape index (κ3) is 3.63. The van der Waals surface area contributed by atoms with Gasteiger partial charge >= 0.3 is 0 Å². The number of aryl methyl sites for hydroxylation is 2. The molecule has 1 aliphatic rings. The highest BCUT2D eigenvalue weighted by atomic mass is 79.9. The summed E-state index contributed by atoms with van der Waals surface area (Å²) in [6.07, 6.45) is 5.35. The number of hydrogen-bond donors (Lipinski definition) is 0. The average molecular weight is 483 g/mol. The van der Waals surface area contributed by atoms with Crippen molar-refractivity contribution in [2.75, 3.05) is 7.11 Å². The summed E-state index contributed by atoms with van der Waals surface area (Å²) in [4.78, 5) is 13.7. The third-order valence-corrected chi connectivity index (χ3v) is 5.95. The Morgan fingerprint density at radius 2 is 2.06 bits per heavy atom. The van der Waals surface area contributed by atoms with E-state index in [9.17, 15) is 4.39 Å². The zero-order chi connectivity index (χ0) is 21.5. The summed E-state index contributed by atoms with van der Waals surface area (Å²) in [6.45, 7) is 2.67. The lowest BCUT2D eigenvalue weighted by Crippen LogP contribution is -2.18. The summed E-state index contributed by atoms with van der Waals surface area (Å²) < 4.78 is 24.7. The molecule has 9 heteroatoms. The second-order valence-corrected chi connectivity index (χ2v) is 8.44. The molecule has 7 nitrogen and oxygen atoms in total. The van der Waals surface area contributed by atoms with E-state index in [1.165, 1.54) is 6.07 Å². The molecule has 0 saturated heterocycles. The van der Waals surface area contributed by atoms with Crippen molar-refractivity contribution in [3.63, 3.8) is 0 Å². The molecule has 4 aromatic rings. The molecule has 0 bridgehead atoms. The van der Waals surface area contributed by atoms with E-state index < -0.39 is 0 Å². The first-order valence-corrected chi connectivity index (χ1v) is 10.8. The lowest BCUT2D eigenvalue weighted by Gasteiger charge is -2.22. The van der Waals surface area contributed by atoms with Crippen LogP contribution in [0.4, 0.5) is 4.39 Å². The lowest BCUT2D eigenvalue weighted by molar-refractivity contribution is 0.396. The molecular weight excluding hydrogens is 463 g/mol. The molecule has 0 amide bonds. The van der Waals surface area contributed by atoms with E-state index in [0.717, 1.165) is 41.1 Å². The van der Waals surface area contributed by atoms with Crippen molar-refractivity contribution in [2.45, 2.75) is 32.2 Å². The van der Waals surface area contributed by atoms with Crippen LogP contribution in [0, 0.1) is 12.7 Å². The maximum Gasteiger partial charge on any atom is 0.238 e. The standard InChI is InChI=1S/C22H20BrFN6O/c1-13-11-29(12-25-13)19-8-7-18(26-22(19)31-2)20-27-21-15(4-3-9-30(21)28-20)16-10-14(23)5-6-17(16)24/h5-8,10-12,15H,3-4,9H2,1-2H3/t15-/m0/s1. The first-order chi connectivity index (χ1) is 15.0. The number of rotatable bonds is 4. The number of ether oxygens (including phenoxy) is 1.